The second kappa shape index (κ2) is 2.70. The molecular weight excluding hydrogens is 180 g/mol. The summed E-state index contributed by atoms with van der Waals surface area (Å²) in [7, 11) is 0. The van der Waals surface area contributed by atoms with Gasteiger partial charge in [-0.25, -0.2) is 0 Å². The van der Waals surface area contributed by atoms with Crippen LogP contribution in [0.4, 0.5) is 0 Å². The van der Waals surface area contributed by atoms with Gasteiger partial charge in [0.15, 0.2) is 0 Å². The lowest BCUT2D eigenvalue weighted by atomic mass is 9.87. The molecule has 0 aromatic rings. The fourth-order valence-corrected chi connectivity index (χ4v) is 2.04. The number of rotatable bonds is 2. The minimum Gasteiger partial charge on any atom is -0.386 e. The molecule has 4 heteroatoms. The third-order valence-electron chi connectivity index (χ3n) is 3.11. The standard InChI is InChI=1S/C10H18N2O2/c1-9(2,11)8(13)12-5-10(14,6-12)7-3-4-7/h7,14H,3-6,11H2,1-2H3. The molecule has 2 fully saturated rings. The Morgan fingerprint density at radius 2 is 2.00 bits per heavy atom. The third kappa shape index (κ3) is 1.53. The minimum absolute atomic E-state index is 0.0668. The van der Waals surface area contributed by atoms with Crippen molar-refractivity contribution in [3.05, 3.63) is 0 Å². The zero-order chi connectivity index (χ0) is 10.6. The molecule has 2 rings (SSSR count). The third-order valence-corrected chi connectivity index (χ3v) is 3.11. The molecule has 1 saturated carbocycles. The number of amides is 1. The quantitative estimate of drug-likeness (QED) is 0.640. The van der Waals surface area contributed by atoms with Gasteiger partial charge >= 0.3 is 0 Å². The van der Waals surface area contributed by atoms with Crippen molar-refractivity contribution in [3.8, 4) is 0 Å². The average molecular weight is 198 g/mol. The molecule has 1 heterocycles. The molecule has 0 spiro atoms. The van der Waals surface area contributed by atoms with Gasteiger partial charge in [0.05, 0.1) is 18.6 Å². The minimum atomic E-state index is -0.815. The molecule has 0 aromatic carbocycles. The number of hydrogen-bond donors (Lipinski definition) is 2. The Hall–Kier alpha value is -0.610. The van der Waals surface area contributed by atoms with Crippen LogP contribution in [0.5, 0.6) is 0 Å². The van der Waals surface area contributed by atoms with Gasteiger partial charge in [-0.15, -0.1) is 0 Å². The van der Waals surface area contributed by atoms with Crippen LogP contribution in [-0.4, -0.2) is 40.1 Å². The van der Waals surface area contributed by atoms with Crippen molar-refractivity contribution < 1.29 is 9.90 Å². The lowest BCUT2D eigenvalue weighted by molar-refractivity contribution is -0.163. The van der Waals surface area contributed by atoms with E-state index in [0.717, 1.165) is 12.8 Å². The predicted octanol–water partition coefficient (Wildman–Crippen LogP) is -0.293. The van der Waals surface area contributed by atoms with Crippen LogP contribution in [0.25, 0.3) is 0 Å². The summed E-state index contributed by atoms with van der Waals surface area (Å²) >= 11 is 0. The number of nitrogens with two attached hydrogens (primary N) is 1. The molecule has 3 N–H and O–H groups in total. The highest BCUT2D eigenvalue weighted by atomic mass is 16.3. The summed E-state index contributed by atoms with van der Waals surface area (Å²) in [6, 6.07) is 0. The lowest BCUT2D eigenvalue weighted by Crippen LogP contribution is -2.68. The number of β-amino-alcohol motifs (C(OH)–C–C–N with tert-alkyl or cyclic N) is 1. The monoisotopic (exact) mass is 198 g/mol. The number of carbonyl (C=O) groups is 1. The maximum atomic E-state index is 11.7. The highest BCUT2D eigenvalue weighted by Gasteiger charge is 2.54. The van der Waals surface area contributed by atoms with E-state index in [2.05, 4.69) is 0 Å². The normalized spacial score (nSPS) is 25.9. The number of carbonyl (C=O) groups excluding carboxylic acids is 1. The molecule has 0 bridgehead atoms. The van der Waals surface area contributed by atoms with Crippen LogP contribution in [0, 0.1) is 5.92 Å². The van der Waals surface area contributed by atoms with Gasteiger partial charge in [-0.2, -0.15) is 0 Å². The van der Waals surface area contributed by atoms with Gasteiger partial charge in [0, 0.05) is 0 Å². The van der Waals surface area contributed by atoms with E-state index in [1.54, 1.807) is 18.7 Å². The Kier molecular flexibility index (Phi) is 1.92. The maximum Gasteiger partial charge on any atom is 0.242 e. The van der Waals surface area contributed by atoms with E-state index in [-0.39, 0.29) is 5.91 Å². The van der Waals surface area contributed by atoms with E-state index in [1.165, 1.54) is 0 Å². The maximum absolute atomic E-state index is 11.7. The first-order valence-corrected chi connectivity index (χ1v) is 5.13. The van der Waals surface area contributed by atoms with Crippen LogP contribution in [0.3, 0.4) is 0 Å². The second-order valence-electron chi connectivity index (χ2n) is 5.26. The van der Waals surface area contributed by atoms with Crippen LogP contribution >= 0.6 is 0 Å². The number of likely N-dealkylation sites (tertiary alicyclic amines) is 1. The van der Waals surface area contributed by atoms with Crippen LogP contribution in [0.15, 0.2) is 0 Å². The van der Waals surface area contributed by atoms with Gasteiger partial charge in [-0.1, -0.05) is 0 Å². The van der Waals surface area contributed by atoms with Gasteiger partial charge in [0.1, 0.15) is 5.60 Å². The highest BCUT2D eigenvalue weighted by molar-refractivity contribution is 5.86. The average Bonchev–Trinajstić information content (AvgIpc) is 2.77. The van der Waals surface area contributed by atoms with Crippen molar-refractivity contribution >= 4 is 5.91 Å². The number of nitrogens with zero attached hydrogens (tertiary/aromatic N) is 1. The lowest BCUT2D eigenvalue weighted by Gasteiger charge is -2.48. The molecule has 1 aliphatic carbocycles. The molecule has 0 radical (unpaired) electrons. The topological polar surface area (TPSA) is 66.6 Å². The van der Waals surface area contributed by atoms with Gasteiger partial charge in [-0.3, -0.25) is 4.79 Å². The summed E-state index contributed by atoms with van der Waals surface area (Å²) in [6.45, 7) is 4.34. The summed E-state index contributed by atoms with van der Waals surface area (Å²) in [6.07, 6.45) is 2.20. The predicted molar refractivity (Wildman–Crippen MR) is 52.5 cm³/mol. The SMILES string of the molecule is CC(C)(N)C(=O)N1CC(O)(C2CC2)C1. The van der Waals surface area contributed by atoms with E-state index < -0.39 is 11.1 Å². The first kappa shape index (κ1) is 9.93. The molecule has 1 amide bonds. The molecule has 1 saturated heterocycles. The number of aliphatic hydroxyl groups is 1. The van der Waals surface area contributed by atoms with Crippen LogP contribution < -0.4 is 5.73 Å². The number of hydrogen-bond acceptors (Lipinski definition) is 3. The fourth-order valence-electron chi connectivity index (χ4n) is 2.04. The van der Waals surface area contributed by atoms with Gasteiger partial charge in [-0.05, 0) is 32.6 Å². The summed E-state index contributed by atoms with van der Waals surface area (Å²) in [5.74, 6) is 0.357. The molecular formula is C10H18N2O2. The smallest absolute Gasteiger partial charge is 0.242 e. The zero-order valence-corrected chi connectivity index (χ0v) is 8.79. The summed E-state index contributed by atoms with van der Waals surface area (Å²) in [4.78, 5) is 13.3. The first-order chi connectivity index (χ1) is 6.33. The van der Waals surface area contributed by atoms with E-state index in [4.69, 9.17) is 5.73 Å². The van der Waals surface area contributed by atoms with Crippen LogP contribution in [0.2, 0.25) is 0 Å². The molecule has 80 valence electrons. The summed E-state index contributed by atoms with van der Waals surface area (Å²) in [5, 5.41) is 10.0. The molecule has 14 heavy (non-hydrogen) atoms. The summed E-state index contributed by atoms with van der Waals surface area (Å²) in [5.41, 5.74) is 4.29. The fraction of sp³-hybridized carbons (Fsp3) is 0.900. The zero-order valence-electron chi connectivity index (χ0n) is 8.79. The Balaban J connectivity index is 1.91. The highest BCUT2D eigenvalue weighted by Crippen LogP contribution is 2.44. The molecule has 0 atom stereocenters. The van der Waals surface area contributed by atoms with E-state index >= 15 is 0 Å². The van der Waals surface area contributed by atoms with Crippen molar-refractivity contribution in [3.63, 3.8) is 0 Å². The van der Waals surface area contributed by atoms with E-state index in [0.29, 0.717) is 19.0 Å². The van der Waals surface area contributed by atoms with Gasteiger partial charge < -0.3 is 15.7 Å². The summed E-state index contributed by atoms with van der Waals surface area (Å²) < 4.78 is 0. The van der Waals surface area contributed by atoms with Crippen molar-refractivity contribution in [2.75, 3.05) is 13.1 Å². The second-order valence-corrected chi connectivity index (χ2v) is 5.26. The van der Waals surface area contributed by atoms with Crippen LogP contribution in [0.1, 0.15) is 26.7 Å². The van der Waals surface area contributed by atoms with Crippen molar-refractivity contribution in [2.45, 2.75) is 37.8 Å². The van der Waals surface area contributed by atoms with E-state index in [1.807, 2.05) is 0 Å². The van der Waals surface area contributed by atoms with Crippen molar-refractivity contribution in [1.29, 1.82) is 0 Å². The Bertz CT molecular complexity index is 260. The Labute approximate surface area is 84.1 Å². The van der Waals surface area contributed by atoms with Crippen molar-refractivity contribution in [1.82, 2.24) is 4.90 Å². The van der Waals surface area contributed by atoms with E-state index in [9.17, 15) is 9.90 Å². The molecule has 0 unspecified atom stereocenters. The van der Waals surface area contributed by atoms with Crippen molar-refractivity contribution in [2.24, 2.45) is 11.7 Å². The molecule has 1 aliphatic heterocycles. The largest absolute Gasteiger partial charge is 0.386 e. The molecule has 0 aromatic heterocycles. The Morgan fingerprint density at radius 3 is 2.36 bits per heavy atom. The molecule has 2 aliphatic rings. The Morgan fingerprint density at radius 1 is 1.50 bits per heavy atom. The van der Waals surface area contributed by atoms with Gasteiger partial charge in [0.2, 0.25) is 5.91 Å². The molecule has 4 nitrogen and oxygen atoms in total. The van der Waals surface area contributed by atoms with Gasteiger partial charge in [0.25, 0.3) is 0 Å². The van der Waals surface area contributed by atoms with Crippen LogP contribution in [-0.2, 0) is 4.79 Å². The first-order valence-electron chi connectivity index (χ1n) is 5.13.